The summed E-state index contributed by atoms with van der Waals surface area (Å²) in [4.78, 5) is 12.2. The molecule has 3 aliphatic rings. The quantitative estimate of drug-likeness (QED) is 0.712. The number of hydrogen-bond donors (Lipinski definition) is 1. The smallest absolute Gasteiger partial charge is 0.190 e. The number of benzene rings is 1. The molecule has 0 heterocycles. The molecule has 0 aromatic heterocycles. The molecule has 1 N–H and O–H groups in total. The first kappa shape index (κ1) is 15.6. The molecule has 0 radical (unpaired) electrons. The second kappa shape index (κ2) is 5.54. The molecule has 2 nitrogen and oxygen atoms in total. The van der Waals surface area contributed by atoms with Crippen LogP contribution in [0.3, 0.4) is 0 Å². The van der Waals surface area contributed by atoms with Crippen molar-refractivity contribution in [1.29, 1.82) is 0 Å². The van der Waals surface area contributed by atoms with Crippen molar-refractivity contribution in [3.8, 4) is 5.75 Å². The Kier molecular flexibility index (Phi) is 3.75. The van der Waals surface area contributed by atoms with E-state index >= 15 is 0 Å². The van der Waals surface area contributed by atoms with Gasteiger partial charge in [0.2, 0.25) is 0 Å². The molecule has 0 amide bonds. The minimum absolute atomic E-state index is 0.0413. The normalized spacial score (nSPS) is 35.3. The highest BCUT2D eigenvalue weighted by Crippen LogP contribution is 2.61. The fourth-order valence-corrected chi connectivity index (χ4v) is 6.48. The zero-order chi connectivity index (χ0) is 16.2. The summed E-state index contributed by atoms with van der Waals surface area (Å²) >= 11 is 1.17. The van der Waals surface area contributed by atoms with Crippen LogP contribution in [0.1, 0.15) is 69.4 Å². The van der Waals surface area contributed by atoms with E-state index < -0.39 is 0 Å². The molecule has 0 unspecified atom stereocenters. The monoisotopic (exact) mass is 330 g/mol. The number of hydrogen-bond acceptors (Lipinski definition) is 3. The highest BCUT2D eigenvalue weighted by molar-refractivity contribution is 8.13. The van der Waals surface area contributed by atoms with E-state index in [0.717, 1.165) is 23.2 Å². The lowest BCUT2D eigenvalue weighted by atomic mass is 9.56. The van der Waals surface area contributed by atoms with Gasteiger partial charge in [-0.3, -0.25) is 4.79 Å². The lowest BCUT2D eigenvalue weighted by Crippen LogP contribution is -2.39. The summed E-state index contributed by atoms with van der Waals surface area (Å²) in [5.74, 6) is 2.61. The maximum Gasteiger partial charge on any atom is 0.190 e. The van der Waals surface area contributed by atoms with E-state index in [1.807, 2.05) is 6.07 Å². The fourth-order valence-electron chi connectivity index (χ4n) is 5.82. The fraction of sp³-hybridized carbons (Fsp3) is 0.650. The van der Waals surface area contributed by atoms with Gasteiger partial charge in [0.25, 0.3) is 0 Å². The number of carbonyl (C=O) groups excluding carboxylic acids is 1. The molecule has 1 aromatic rings. The van der Waals surface area contributed by atoms with Crippen LogP contribution in [-0.2, 0) is 11.2 Å². The van der Waals surface area contributed by atoms with E-state index in [1.165, 1.54) is 61.4 Å². The van der Waals surface area contributed by atoms with Crippen molar-refractivity contribution in [2.45, 2.75) is 69.6 Å². The van der Waals surface area contributed by atoms with Gasteiger partial charge in [-0.25, -0.2) is 0 Å². The summed E-state index contributed by atoms with van der Waals surface area (Å²) in [5.41, 5.74) is 3.32. The highest BCUT2D eigenvalue weighted by Gasteiger charge is 2.50. The molecular weight excluding hydrogens is 304 g/mol. The summed E-state index contributed by atoms with van der Waals surface area (Å²) < 4.78 is 0. The summed E-state index contributed by atoms with van der Waals surface area (Å²) in [7, 11) is 0. The van der Waals surface area contributed by atoms with Crippen molar-refractivity contribution in [3.63, 3.8) is 0 Å². The van der Waals surface area contributed by atoms with Gasteiger partial charge >= 0.3 is 0 Å². The van der Waals surface area contributed by atoms with E-state index in [1.54, 1.807) is 6.92 Å². The SMILES string of the molecule is CC(=O)Sc1cc2c(cc1O)CC[C@@H]1[C@@H]2CC[C@]2(C)CCC[C@@H]12. The second-order valence-electron chi connectivity index (χ2n) is 8.11. The van der Waals surface area contributed by atoms with Crippen LogP contribution in [0.15, 0.2) is 17.0 Å². The average Bonchev–Trinajstić information content (AvgIpc) is 2.89. The van der Waals surface area contributed by atoms with Gasteiger partial charge in [0.1, 0.15) is 5.75 Å². The molecule has 1 aromatic carbocycles. The van der Waals surface area contributed by atoms with E-state index in [0.29, 0.717) is 11.3 Å². The van der Waals surface area contributed by atoms with E-state index in [4.69, 9.17) is 0 Å². The van der Waals surface area contributed by atoms with Gasteiger partial charge in [-0.15, -0.1) is 0 Å². The van der Waals surface area contributed by atoms with E-state index in [9.17, 15) is 9.90 Å². The standard InChI is InChI=1S/C20H26O2S/c1-12(21)23-19-11-16-13(10-18(19)22)5-6-15-14(16)7-9-20(2)8-3-4-17(15)20/h10-11,14-15,17,22H,3-9H2,1-2H3/t14-,15+,17-,20-/m0/s1. The number of aromatic hydroxyl groups is 1. The Labute approximate surface area is 143 Å². The number of phenols is 1. The number of phenolic OH excluding ortho intramolecular Hbond substituents is 1. The minimum Gasteiger partial charge on any atom is -0.507 e. The van der Waals surface area contributed by atoms with Crippen molar-refractivity contribution >= 4 is 16.9 Å². The maximum atomic E-state index is 11.5. The number of thioether (sulfide) groups is 1. The van der Waals surface area contributed by atoms with Gasteiger partial charge in [-0.1, -0.05) is 13.3 Å². The molecule has 0 saturated heterocycles. The molecule has 23 heavy (non-hydrogen) atoms. The molecule has 2 saturated carbocycles. The van der Waals surface area contributed by atoms with E-state index in [2.05, 4.69) is 13.0 Å². The Hall–Kier alpha value is -0.960. The lowest BCUT2D eigenvalue weighted by molar-refractivity contribution is -0.109. The first-order chi connectivity index (χ1) is 11.0. The molecule has 2 fully saturated rings. The van der Waals surface area contributed by atoms with Gasteiger partial charge in [0, 0.05) is 6.92 Å². The van der Waals surface area contributed by atoms with Crippen LogP contribution in [0.2, 0.25) is 0 Å². The first-order valence-electron chi connectivity index (χ1n) is 9.02. The number of fused-ring (bicyclic) bond motifs is 5. The van der Waals surface area contributed by atoms with Gasteiger partial charge < -0.3 is 5.11 Å². The molecular formula is C20H26O2S. The van der Waals surface area contributed by atoms with Crippen molar-refractivity contribution in [3.05, 3.63) is 23.3 Å². The van der Waals surface area contributed by atoms with Crippen LogP contribution in [-0.4, -0.2) is 10.2 Å². The Morgan fingerprint density at radius 2 is 2.09 bits per heavy atom. The molecule has 124 valence electrons. The molecule has 0 aliphatic heterocycles. The van der Waals surface area contributed by atoms with Crippen LogP contribution >= 0.6 is 11.8 Å². The third kappa shape index (κ3) is 2.52. The summed E-state index contributed by atoms with van der Waals surface area (Å²) in [5, 5.41) is 10.3. The third-order valence-corrected chi connectivity index (χ3v) is 7.67. The van der Waals surface area contributed by atoms with Crippen LogP contribution in [0.5, 0.6) is 5.75 Å². The van der Waals surface area contributed by atoms with E-state index in [-0.39, 0.29) is 10.9 Å². The van der Waals surface area contributed by atoms with Gasteiger partial charge in [0.05, 0.1) is 4.90 Å². The molecule has 3 aliphatic carbocycles. The topological polar surface area (TPSA) is 37.3 Å². The maximum absolute atomic E-state index is 11.5. The Bertz CT molecular complexity index is 653. The zero-order valence-corrected chi connectivity index (χ0v) is 14.9. The lowest BCUT2D eigenvalue weighted by Gasteiger charge is -2.49. The van der Waals surface area contributed by atoms with Crippen LogP contribution in [0.25, 0.3) is 0 Å². The van der Waals surface area contributed by atoms with Gasteiger partial charge in [0.15, 0.2) is 5.12 Å². The van der Waals surface area contributed by atoms with Crippen LogP contribution < -0.4 is 0 Å². The van der Waals surface area contributed by atoms with Crippen molar-refractivity contribution in [2.75, 3.05) is 0 Å². The summed E-state index contributed by atoms with van der Waals surface area (Å²) in [6.07, 6.45) is 9.19. The number of rotatable bonds is 1. The highest BCUT2D eigenvalue weighted by atomic mass is 32.2. The third-order valence-electron chi connectivity index (χ3n) is 6.84. The number of aryl methyl sites for hydroxylation is 1. The van der Waals surface area contributed by atoms with Crippen LogP contribution in [0.4, 0.5) is 0 Å². The number of carbonyl (C=O) groups is 1. The summed E-state index contributed by atoms with van der Waals surface area (Å²) in [6.45, 7) is 4.08. The second-order valence-corrected chi connectivity index (χ2v) is 9.33. The summed E-state index contributed by atoms with van der Waals surface area (Å²) in [6, 6.07) is 4.06. The average molecular weight is 330 g/mol. The van der Waals surface area contributed by atoms with Crippen molar-refractivity contribution in [1.82, 2.24) is 0 Å². The Morgan fingerprint density at radius 3 is 2.87 bits per heavy atom. The largest absolute Gasteiger partial charge is 0.507 e. The zero-order valence-electron chi connectivity index (χ0n) is 14.1. The van der Waals surface area contributed by atoms with Gasteiger partial charge in [-0.2, -0.15) is 0 Å². The molecule has 0 spiro atoms. The molecule has 0 bridgehead atoms. The van der Waals surface area contributed by atoms with Crippen molar-refractivity contribution < 1.29 is 9.90 Å². The molecule has 4 atom stereocenters. The molecule has 3 heteroatoms. The first-order valence-corrected chi connectivity index (χ1v) is 9.84. The predicted octanol–water partition coefficient (Wildman–Crippen LogP) is 5.28. The van der Waals surface area contributed by atoms with Crippen LogP contribution in [0, 0.1) is 17.3 Å². The molecule has 4 rings (SSSR count). The Balaban J connectivity index is 1.71. The Morgan fingerprint density at radius 1 is 1.26 bits per heavy atom. The van der Waals surface area contributed by atoms with Gasteiger partial charge in [-0.05, 0) is 96.7 Å². The predicted molar refractivity (Wildman–Crippen MR) is 93.9 cm³/mol. The minimum atomic E-state index is 0.0413. The van der Waals surface area contributed by atoms with Crippen molar-refractivity contribution in [2.24, 2.45) is 17.3 Å².